The maximum Gasteiger partial charge on any atom is 0.0796 e. The Bertz CT molecular complexity index is 280. The number of rotatable bonds is 4. The molecule has 0 radical (unpaired) electrons. The molecule has 1 atom stereocenters. The Balaban J connectivity index is 2.69. The molecule has 0 saturated heterocycles. The highest BCUT2D eigenvalue weighted by Crippen LogP contribution is 2.10. The van der Waals surface area contributed by atoms with Gasteiger partial charge >= 0.3 is 0 Å². The summed E-state index contributed by atoms with van der Waals surface area (Å²) in [5.41, 5.74) is 6.68. The highest BCUT2D eigenvalue weighted by molar-refractivity contribution is 5.15. The molecule has 1 rings (SSSR count). The lowest BCUT2D eigenvalue weighted by molar-refractivity contribution is 0.0686. The van der Waals surface area contributed by atoms with Crippen LogP contribution >= 0.6 is 0 Å². The molecule has 1 aromatic rings. The SMILES string of the molecule is CCc1ccc(CC(C)(O)CN)nc1. The van der Waals surface area contributed by atoms with E-state index in [0.717, 1.165) is 12.1 Å². The number of nitrogens with zero attached hydrogens (tertiary/aromatic N) is 1. The molecule has 3 N–H and O–H groups in total. The van der Waals surface area contributed by atoms with E-state index < -0.39 is 5.60 Å². The van der Waals surface area contributed by atoms with E-state index in [4.69, 9.17) is 5.73 Å². The Hall–Kier alpha value is -0.930. The van der Waals surface area contributed by atoms with E-state index in [-0.39, 0.29) is 6.54 Å². The van der Waals surface area contributed by atoms with E-state index in [1.165, 1.54) is 5.56 Å². The van der Waals surface area contributed by atoms with Crippen molar-refractivity contribution in [2.24, 2.45) is 5.73 Å². The molecule has 0 saturated carbocycles. The van der Waals surface area contributed by atoms with Gasteiger partial charge in [0.2, 0.25) is 0 Å². The summed E-state index contributed by atoms with van der Waals surface area (Å²) in [6.07, 6.45) is 3.34. The van der Waals surface area contributed by atoms with Crippen LogP contribution in [-0.2, 0) is 12.8 Å². The minimum Gasteiger partial charge on any atom is -0.388 e. The van der Waals surface area contributed by atoms with Crippen molar-refractivity contribution < 1.29 is 5.11 Å². The molecule has 3 heteroatoms. The summed E-state index contributed by atoms with van der Waals surface area (Å²) in [5, 5.41) is 9.74. The molecule has 0 aliphatic carbocycles. The first-order valence-corrected chi connectivity index (χ1v) is 4.93. The summed E-state index contributed by atoms with van der Waals surface area (Å²) in [4.78, 5) is 4.27. The lowest BCUT2D eigenvalue weighted by atomic mass is 10.00. The highest BCUT2D eigenvalue weighted by atomic mass is 16.3. The van der Waals surface area contributed by atoms with E-state index in [1.54, 1.807) is 6.92 Å². The van der Waals surface area contributed by atoms with Gasteiger partial charge in [0.1, 0.15) is 0 Å². The molecule has 0 aliphatic rings. The van der Waals surface area contributed by atoms with Crippen molar-refractivity contribution in [3.05, 3.63) is 29.6 Å². The zero-order chi connectivity index (χ0) is 10.6. The Kier molecular flexibility index (Phi) is 3.61. The Morgan fingerprint density at radius 3 is 2.64 bits per heavy atom. The summed E-state index contributed by atoms with van der Waals surface area (Å²) < 4.78 is 0. The van der Waals surface area contributed by atoms with Crippen molar-refractivity contribution in [1.82, 2.24) is 4.98 Å². The maximum atomic E-state index is 9.74. The van der Waals surface area contributed by atoms with Crippen LogP contribution in [0.4, 0.5) is 0 Å². The molecule has 0 aromatic carbocycles. The molecular formula is C11H18N2O. The van der Waals surface area contributed by atoms with Gasteiger partial charge in [0.25, 0.3) is 0 Å². The Morgan fingerprint density at radius 2 is 2.21 bits per heavy atom. The standard InChI is InChI=1S/C11H18N2O/c1-3-9-4-5-10(13-7-9)6-11(2,14)8-12/h4-5,7,14H,3,6,8,12H2,1-2H3. The van der Waals surface area contributed by atoms with E-state index >= 15 is 0 Å². The van der Waals surface area contributed by atoms with Crippen molar-refractivity contribution in [2.75, 3.05) is 6.54 Å². The minimum absolute atomic E-state index is 0.254. The fraction of sp³-hybridized carbons (Fsp3) is 0.545. The lowest BCUT2D eigenvalue weighted by Gasteiger charge is -2.20. The molecule has 1 aromatic heterocycles. The molecule has 0 bridgehead atoms. The number of nitrogens with two attached hydrogens (primary N) is 1. The number of pyridine rings is 1. The summed E-state index contributed by atoms with van der Waals surface area (Å²) in [6.45, 7) is 4.07. The first-order chi connectivity index (χ1) is 6.57. The number of hydrogen-bond donors (Lipinski definition) is 2. The van der Waals surface area contributed by atoms with Gasteiger partial charge in [-0.1, -0.05) is 13.0 Å². The second-order valence-electron chi connectivity index (χ2n) is 3.89. The summed E-state index contributed by atoms with van der Waals surface area (Å²) in [7, 11) is 0. The number of aromatic nitrogens is 1. The van der Waals surface area contributed by atoms with Crippen LogP contribution < -0.4 is 5.73 Å². The quantitative estimate of drug-likeness (QED) is 0.748. The Morgan fingerprint density at radius 1 is 1.50 bits per heavy atom. The summed E-state index contributed by atoms with van der Waals surface area (Å²) in [5.74, 6) is 0. The molecule has 1 heterocycles. The van der Waals surface area contributed by atoms with E-state index in [1.807, 2.05) is 18.3 Å². The molecule has 0 amide bonds. The third-order valence-electron chi connectivity index (χ3n) is 2.30. The van der Waals surface area contributed by atoms with Gasteiger partial charge in [0, 0.05) is 24.9 Å². The number of hydrogen-bond acceptors (Lipinski definition) is 3. The first-order valence-electron chi connectivity index (χ1n) is 4.93. The zero-order valence-corrected chi connectivity index (χ0v) is 8.83. The molecule has 0 aliphatic heterocycles. The van der Waals surface area contributed by atoms with E-state index in [9.17, 15) is 5.11 Å². The second-order valence-corrected chi connectivity index (χ2v) is 3.89. The van der Waals surface area contributed by atoms with Gasteiger partial charge in [0.05, 0.1) is 5.60 Å². The smallest absolute Gasteiger partial charge is 0.0796 e. The second kappa shape index (κ2) is 4.53. The van der Waals surface area contributed by atoms with Crippen molar-refractivity contribution >= 4 is 0 Å². The normalized spacial score (nSPS) is 15.1. The molecule has 78 valence electrons. The van der Waals surface area contributed by atoms with Crippen LogP contribution in [0.3, 0.4) is 0 Å². The van der Waals surface area contributed by atoms with Gasteiger partial charge in [-0.15, -0.1) is 0 Å². The fourth-order valence-electron chi connectivity index (χ4n) is 1.23. The molecule has 0 fully saturated rings. The van der Waals surface area contributed by atoms with E-state index in [0.29, 0.717) is 6.42 Å². The number of aryl methyl sites for hydroxylation is 1. The Labute approximate surface area is 85.0 Å². The van der Waals surface area contributed by atoms with Crippen molar-refractivity contribution in [2.45, 2.75) is 32.3 Å². The third kappa shape index (κ3) is 3.09. The zero-order valence-electron chi connectivity index (χ0n) is 8.83. The van der Waals surface area contributed by atoms with Gasteiger partial charge in [-0.05, 0) is 25.0 Å². The van der Waals surface area contributed by atoms with Crippen LogP contribution in [0.5, 0.6) is 0 Å². The molecule has 14 heavy (non-hydrogen) atoms. The molecule has 0 spiro atoms. The monoisotopic (exact) mass is 194 g/mol. The summed E-state index contributed by atoms with van der Waals surface area (Å²) >= 11 is 0. The third-order valence-corrected chi connectivity index (χ3v) is 2.30. The highest BCUT2D eigenvalue weighted by Gasteiger charge is 2.18. The average molecular weight is 194 g/mol. The van der Waals surface area contributed by atoms with Crippen LogP contribution in [0.25, 0.3) is 0 Å². The van der Waals surface area contributed by atoms with Gasteiger partial charge in [-0.2, -0.15) is 0 Å². The largest absolute Gasteiger partial charge is 0.388 e. The predicted molar refractivity (Wildman–Crippen MR) is 57.0 cm³/mol. The summed E-state index contributed by atoms with van der Waals surface area (Å²) in [6, 6.07) is 3.98. The minimum atomic E-state index is -0.846. The van der Waals surface area contributed by atoms with Crippen LogP contribution in [0.2, 0.25) is 0 Å². The van der Waals surface area contributed by atoms with Crippen LogP contribution in [0, 0.1) is 0 Å². The number of aliphatic hydroxyl groups is 1. The predicted octanol–water partition coefficient (Wildman–Crippen LogP) is 0.896. The van der Waals surface area contributed by atoms with Crippen molar-refractivity contribution in [3.8, 4) is 0 Å². The van der Waals surface area contributed by atoms with Crippen molar-refractivity contribution in [3.63, 3.8) is 0 Å². The van der Waals surface area contributed by atoms with Crippen LogP contribution in [-0.4, -0.2) is 22.2 Å². The van der Waals surface area contributed by atoms with E-state index in [2.05, 4.69) is 11.9 Å². The molecular weight excluding hydrogens is 176 g/mol. The van der Waals surface area contributed by atoms with Gasteiger partial charge in [-0.25, -0.2) is 0 Å². The first kappa shape index (κ1) is 11.1. The molecule has 3 nitrogen and oxygen atoms in total. The topological polar surface area (TPSA) is 59.1 Å². The molecule has 1 unspecified atom stereocenters. The van der Waals surface area contributed by atoms with Gasteiger partial charge < -0.3 is 10.8 Å². The van der Waals surface area contributed by atoms with Crippen LogP contribution in [0.1, 0.15) is 25.1 Å². The van der Waals surface area contributed by atoms with Crippen molar-refractivity contribution in [1.29, 1.82) is 0 Å². The van der Waals surface area contributed by atoms with Gasteiger partial charge in [0.15, 0.2) is 0 Å². The van der Waals surface area contributed by atoms with Crippen LogP contribution in [0.15, 0.2) is 18.3 Å². The average Bonchev–Trinajstić information content (AvgIpc) is 2.19. The lowest BCUT2D eigenvalue weighted by Crippen LogP contribution is -2.36. The van der Waals surface area contributed by atoms with Gasteiger partial charge in [-0.3, -0.25) is 4.98 Å². The maximum absolute atomic E-state index is 9.74. The fourth-order valence-corrected chi connectivity index (χ4v) is 1.23.